The zero-order valence-corrected chi connectivity index (χ0v) is 8.09. The Kier molecular flexibility index (Phi) is 3.65. The van der Waals surface area contributed by atoms with Gasteiger partial charge < -0.3 is 14.2 Å². The number of alkyl halides is 2. The van der Waals surface area contributed by atoms with E-state index in [2.05, 4.69) is 4.74 Å². The minimum atomic E-state index is -3.09. The van der Waals surface area contributed by atoms with E-state index in [-0.39, 0.29) is 11.5 Å². The number of methoxy groups -OCH3 is 2. The van der Waals surface area contributed by atoms with Crippen molar-refractivity contribution in [1.29, 1.82) is 0 Å². The summed E-state index contributed by atoms with van der Waals surface area (Å²) in [5.74, 6) is -1.29. The predicted molar refractivity (Wildman–Crippen MR) is 46.1 cm³/mol. The molecule has 1 rings (SSSR count). The van der Waals surface area contributed by atoms with Crippen LogP contribution in [0.5, 0.6) is 17.2 Å². The van der Waals surface area contributed by atoms with Crippen molar-refractivity contribution in [2.45, 2.75) is 6.61 Å². The summed E-state index contributed by atoms with van der Waals surface area (Å²) in [6.45, 7) is -3.09. The van der Waals surface area contributed by atoms with Crippen molar-refractivity contribution in [1.82, 2.24) is 0 Å². The Bertz CT molecular complexity index is 342. The molecule has 0 bridgehead atoms. The van der Waals surface area contributed by atoms with E-state index >= 15 is 0 Å². The van der Waals surface area contributed by atoms with Gasteiger partial charge in [-0.3, -0.25) is 0 Å². The van der Waals surface area contributed by atoms with E-state index in [1.807, 2.05) is 0 Å². The highest BCUT2D eigenvalue weighted by Gasteiger charge is 2.15. The zero-order valence-electron chi connectivity index (χ0n) is 8.09. The molecule has 6 heteroatoms. The molecule has 15 heavy (non-hydrogen) atoms. The third-order valence-electron chi connectivity index (χ3n) is 1.65. The lowest BCUT2D eigenvalue weighted by Crippen LogP contribution is -2.04. The smallest absolute Gasteiger partial charge is 0.387 e. The fraction of sp³-hybridized carbons (Fsp3) is 0.333. The number of rotatable bonds is 4. The van der Waals surface area contributed by atoms with Crippen LogP contribution in [0.3, 0.4) is 0 Å². The molecule has 0 radical (unpaired) electrons. The number of ether oxygens (including phenoxy) is 3. The van der Waals surface area contributed by atoms with E-state index in [4.69, 9.17) is 9.47 Å². The molecule has 0 spiro atoms. The first kappa shape index (κ1) is 11.5. The Balaban J connectivity index is 3.08. The molecule has 0 heterocycles. The maximum atomic E-state index is 13.1. The molecule has 0 aromatic heterocycles. The van der Waals surface area contributed by atoms with Gasteiger partial charge in [0, 0.05) is 12.1 Å². The molecule has 0 amide bonds. The minimum Gasteiger partial charge on any atom is -0.493 e. The van der Waals surface area contributed by atoms with Gasteiger partial charge in [-0.1, -0.05) is 0 Å². The number of hydrogen-bond acceptors (Lipinski definition) is 3. The van der Waals surface area contributed by atoms with Crippen molar-refractivity contribution in [2.24, 2.45) is 0 Å². The fourth-order valence-corrected chi connectivity index (χ4v) is 1.02. The number of hydrogen-bond donors (Lipinski definition) is 0. The second-order valence-corrected chi connectivity index (χ2v) is 2.52. The molecule has 0 aliphatic heterocycles. The van der Waals surface area contributed by atoms with Crippen LogP contribution in [-0.4, -0.2) is 20.8 Å². The molecular formula is C9H9F3O3. The van der Waals surface area contributed by atoms with Gasteiger partial charge in [-0.05, 0) is 0 Å². The van der Waals surface area contributed by atoms with Gasteiger partial charge in [0.25, 0.3) is 0 Å². The van der Waals surface area contributed by atoms with Gasteiger partial charge in [-0.2, -0.15) is 8.78 Å². The molecule has 0 aliphatic rings. The SMILES string of the molecule is COc1cc(F)c(OC(F)F)cc1OC. The summed E-state index contributed by atoms with van der Waals surface area (Å²) in [6.07, 6.45) is 0. The van der Waals surface area contributed by atoms with Crippen molar-refractivity contribution in [3.8, 4) is 17.2 Å². The minimum absolute atomic E-state index is 0.108. The molecule has 0 saturated carbocycles. The highest BCUT2D eigenvalue weighted by Crippen LogP contribution is 2.34. The van der Waals surface area contributed by atoms with E-state index in [0.29, 0.717) is 0 Å². The second-order valence-electron chi connectivity index (χ2n) is 2.52. The summed E-state index contributed by atoms with van der Waals surface area (Å²) in [4.78, 5) is 0. The van der Waals surface area contributed by atoms with Gasteiger partial charge in [0.1, 0.15) is 0 Å². The van der Waals surface area contributed by atoms with Crippen molar-refractivity contribution in [2.75, 3.05) is 14.2 Å². The van der Waals surface area contributed by atoms with Crippen molar-refractivity contribution in [3.05, 3.63) is 17.9 Å². The summed E-state index contributed by atoms with van der Waals surface area (Å²) >= 11 is 0. The first-order valence-electron chi connectivity index (χ1n) is 3.94. The van der Waals surface area contributed by atoms with Gasteiger partial charge in [0.15, 0.2) is 23.1 Å². The summed E-state index contributed by atoms with van der Waals surface area (Å²) in [7, 11) is 2.62. The lowest BCUT2D eigenvalue weighted by atomic mass is 10.3. The largest absolute Gasteiger partial charge is 0.493 e. The Morgan fingerprint density at radius 1 is 1.00 bits per heavy atom. The van der Waals surface area contributed by atoms with Crippen LogP contribution in [0, 0.1) is 5.82 Å². The topological polar surface area (TPSA) is 27.7 Å². The summed E-state index contributed by atoms with van der Waals surface area (Å²) < 4.78 is 50.3. The predicted octanol–water partition coefficient (Wildman–Crippen LogP) is 2.44. The monoisotopic (exact) mass is 222 g/mol. The number of benzene rings is 1. The zero-order chi connectivity index (χ0) is 11.4. The van der Waals surface area contributed by atoms with Crippen LogP contribution in [-0.2, 0) is 0 Å². The van der Waals surface area contributed by atoms with Crippen LogP contribution < -0.4 is 14.2 Å². The van der Waals surface area contributed by atoms with E-state index in [0.717, 1.165) is 12.1 Å². The van der Waals surface area contributed by atoms with Crippen LogP contribution in [0.1, 0.15) is 0 Å². The normalized spacial score (nSPS) is 10.3. The molecule has 84 valence electrons. The summed E-state index contributed by atoms with van der Waals surface area (Å²) in [5, 5.41) is 0. The maximum Gasteiger partial charge on any atom is 0.387 e. The van der Waals surface area contributed by atoms with Crippen LogP contribution in [0.2, 0.25) is 0 Å². The first-order chi connectivity index (χ1) is 7.08. The average Bonchev–Trinajstić information content (AvgIpc) is 2.19. The van der Waals surface area contributed by atoms with Crippen LogP contribution in [0.15, 0.2) is 12.1 Å². The molecule has 1 aromatic carbocycles. The molecule has 0 N–H and O–H groups in total. The van der Waals surface area contributed by atoms with E-state index < -0.39 is 18.2 Å². The third kappa shape index (κ3) is 2.68. The molecule has 0 saturated heterocycles. The Hall–Kier alpha value is -1.59. The Morgan fingerprint density at radius 2 is 1.53 bits per heavy atom. The Morgan fingerprint density at radius 3 is 2.00 bits per heavy atom. The van der Waals surface area contributed by atoms with Crippen LogP contribution >= 0.6 is 0 Å². The Labute approximate surface area is 84.4 Å². The van der Waals surface area contributed by atoms with Crippen molar-refractivity contribution < 1.29 is 27.4 Å². The van der Waals surface area contributed by atoms with Gasteiger partial charge in [0.2, 0.25) is 0 Å². The van der Waals surface area contributed by atoms with Gasteiger partial charge in [0.05, 0.1) is 14.2 Å². The lowest BCUT2D eigenvalue weighted by molar-refractivity contribution is -0.0523. The highest BCUT2D eigenvalue weighted by atomic mass is 19.3. The first-order valence-corrected chi connectivity index (χ1v) is 3.94. The standard InChI is InChI=1S/C9H9F3O3/c1-13-7-3-5(10)6(15-9(11)12)4-8(7)14-2/h3-4,9H,1-2H3. The lowest BCUT2D eigenvalue weighted by Gasteiger charge is -2.11. The van der Waals surface area contributed by atoms with Crippen molar-refractivity contribution in [3.63, 3.8) is 0 Å². The molecular weight excluding hydrogens is 213 g/mol. The fourth-order valence-electron chi connectivity index (χ4n) is 1.02. The van der Waals surface area contributed by atoms with Gasteiger partial charge in [-0.25, -0.2) is 4.39 Å². The summed E-state index contributed by atoms with van der Waals surface area (Å²) in [6, 6.07) is 1.91. The average molecular weight is 222 g/mol. The van der Waals surface area contributed by atoms with E-state index in [1.54, 1.807) is 0 Å². The molecule has 0 fully saturated rings. The molecule has 3 nitrogen and oxygen atoms in total. The molecule has 1 aromatic rings. The second kappa shape index (κ2) is 4.77. The number of halogens is 3. The third-order valence-corrected chi connectivity index (χ3v) is 1.65. The van der Waals surface area contributed by atoms with E-state index in [9.17, 15) is 13.2 Å². The van der Waals surface area contributed by atoms with Gasteiger partial charge in [-0.15, -0.1) is 0 Å². The molecule has 0 atom stereocenters. The summed E-state index contributed by atoms with van der Waals surface area (Å²) in [5.41, 5.74) is 0. The van der Waals surface area contributed by atoms with Gasteiger partial charge >= 0.3 is 6.61 Å². The van der Waals surface area contributed by atoms with Crippen LogP contribution in [0.25, 0.3) is 0 Å². The van der Waals surface area contributed by atoms with Crippen LogP contribution in [0.4, 0.5) is 13.2 Å². The van der Waals surface area contributed by atoms with E-state index in [1.165, 1.54) is 14.2 Å². The quantitative estimate of drug-likeness (QED) is 0.783. The molecule has 0 aliphatic carbocycles. The molecule has 0 unspecified atom stereocenters. The maximum absolute atomic E-state index is 13.1. The highest BCUT2D eigenvalue weighted by molar-refractivity contribution is 5.46. The van der Waals surface area contributed by atoms with Crippen molar-refractivity contribution >= 4 is 0 Å².